The Morgan fingerprint density at radius 1 is 0.857 bits per heavy atom. The Labute approximate surface area is 285 Å². The number of nitrogens with one attached hydrogen (secondary N) is 2. The van der Waals surface area contributed by atoms with Gasteiger partial charge >= 0.3 is 17.9 Å². The van der Waals surface area contributed by atoms with Gasteiger partial charge in [-0.2, -0.15) is 0 Å². The number of piperidine rings is 2. The molecule has 1 spiro atoms. The molecule has 13 heteroatoms. The number of aliphatic hydroxyl groups is 1. The Balaban J connectivity index is 0.000000308. The lowest BCUT2D eigenvalue weighted by molar-refractivity contribution is -0.170. The number of carbonyl (C=O) groups is 5. The minimum absolute atomic E-state index is 0.00809. The quantitative estimate of drug-likeness (QED) is 0.215. The minimum atomic E-state index is -2.74. The number of aryl methyl sites for hydroxylation is 1. The van der Waals surface area contributed by atoms with E-state index in [0.717, 1.165) is 56.8 Å². The SMILES string of the molecule is O=C(NC1CCNCC1)[C@@H]1Cc2ccccc2N1C(=O)CCN1CCC2(CCc3ccccc32)CC1.O=C(O)CC(O)(CC(=O)O)C(=O)O. The summed E-state index contributed by atoms with van der Waals surface area (Å²) in [6.45, 7) is 4.70. The topological polar surface area (TPSA) is 197 Å². The van der Waals surface area contributed by atoms with Crippen molar-refractivity contribution in [3.05, 3.63) is 65.2 Å². The number of likely N-dealkylation sites (tertiary alicyclic amines) is 1. The summed E-state index contributed by atoms with van der Waals surface area (Å²) in [4.78, 5) is 61.6. The molecule has 0 aromatic heterocycles. The molecule has 13 nitrogen and oxygen atoms in total. The molecule has 2 aromatic carbocycles. The van der Waals surface area contributed by atoms with E-state index < -0.39 is 42.4 Å². The number of rotatable bonds is 10. The highest BCUT2D eigenvalue weighted by Gasteiger charge is 2.43. The molecule has 0 saturated carbocycles. The Hall–Kier alpha value is -4.33. The van der Waals surface area contributed by atoms with Crippen molar-refractivity contribution in [1.29, 1.82) is 0 Å². The van der Waals surface area contributed by atoms with E-state index in [1.807, 2.05) is 18.2 Å². The van der Waals surface area contributed by atoms with Crippen LogP contribution in [0, 0.1) is 0 Å². The third-order valence-corrected chi connectivity index (χ3v) is 10.4. The van der Waals surface area contributed by atoms with Crippen LogP contribution in [-0.2, 0) is 42.2 Å². The molecule has 49 heavy (non-hydrogen) atoms. The standard InChI is InChI=1S/C30H38N4O2.C6H8O7/c35-28(12-18-33-19-14-30(15-20-33)13-9-22-5-1-3-7-25(22)30)34-26-8-4-2-6-23(26)21-27(34)29(36)32-24-10-16-31-17-11-24;7-3(8)1-6(13,5(11)12)2-4(9)10/h1-8,24,27,31H,9-21H2,(H,32,36);13H,1-2H2,(H,7,8)(H,9,10)(H,11,12)/t27-;/m0./s1. The van der Waals surface area contributed by atoms with Crippen LogP contribution < -0.4 is 15.5 Å². The van der Waals surface area contributed by atoms with Gasteiger partial charge in [-0.3, -0.25) is 24.1 Å². The number of anilines is 1. The molecule has 4 aliphatic rings. The van der Waals surface area contributed by atoms with E-state index in [1.54, 1.807) is 10.5 Å². The monoisotopic (exact) mass is 678 g/mol. The van der Waals surface area contributed by atoms with Gasteiger partial charge in [-0.15, -0.1) is 0 Å². The number of aliphatic carboxylic acids is 3. The molecule has 3 aliphatic heterocycles. The summed E-state index contributed by atoms with van der Waals surface area (Å²) in [7, 11) is 0. The van der Waals surface area contributed by atoms with Crippen molar-refractivity contribution in [2.24, 2.45) is 0 Å². The summed E-state index contributed by atoms with van der Waals surface area (Å²) in [6, 6.07) is 16.7. The Bertz CT molecular complexity index is 1530. The molecule has 3 heterocycles. The lowest BCUT2D eigenvalue weighted by Gasteiger charge is -2.40. The van der Waals surface area contributed by atoms with Crippen LogP contribution in [0.4, 0.5) is 5.69 Å². The van der Waals surface area contributed by atoms with Gasteiger partial charge in [0.2, 0.25) is 11.8 Å². The molecule has 1 atom stereocenters. The third-order valence-electron chi connectivity index (χ3n) is 10.4. The van der Waals surface area contributed by atoms with Crippen molar-refractivity contribution in [1.82, 2.24) is 15.5 Å². The van der Waals surface area contributed by atoms with Crippen LogP contribution in [0.3, 0.4) is 0 Å². The molecule has 2 aromatic rings. The first-order chi connectivity index (χ1) is 23.4. The van der Waals surface area contributed by atoms with Crippen molar-refractivity contribution in [3.8, 4) is 0 Å². The normalized spacial score (nSPS) is 20.1. The third kappa shape index (κ3) is 8.46. The number of para-hydroxylation sites is 1. The predicted molar refractivity (Wildman–Crippen MR) is 179 cm³/mol. The average Bonchev–Trinajstić information content (AvgIpc) is 3.64. The van der Waals surface area contributed by atoms with Gasteiger partial charge < -0.3 is 36.0 Å². The smallest absolute Gasteiger partial charge is 0.336 e. The highest BCUT2D eigenvalue weighted by molar-refractivity contribution is 6.03. The lowest BCUT2D eigenvalue weighted by Crippen LogP contribution is -2.52. The molecule has 1 aliphatic carbocycles. The van der Waals surface area contributed by atoms with E-state index in [4.69, 9.17) is 20.4 Å². The van der Waals surface area contributed by atoms with E-state index in [0.29, 0.717) is 18.3 Å². The maximum Gasteiger partial charge on any atom is 0.336 e. The number of fused-ring (bicyclic) bond motifs is 3. The zero-order valence-corrected chi connectivity index (χ0v) is 27.6. The van der Waals surface area contributed by atoms with Gasteiger partial charge in [-0.1, -0.05) is 42.5 Å². The van der Waals surface area contributed by atoms with Crippen LogP contribution >= 0.6 is 0 Å². The fraction of sp³-hybridized carbons (Fsp3) is 0.528. The molecule has 264 valence electrons. The van der Waals surface area contributed by atoms with Crippen molar-refractivity contribution in [3.63, 3.8) is 0 Å². The fourth-order valence-corrected chi connectivity index (χ4v) is 7.74. The van der Waals surface area contributed by atoms with Crippen molar-refractivity contribution >= 4 is 35.4 Å². The van der Waals surface area contributed by atoms with Gasteiger partial charge in [0.05, 0.1) is 12.8 Å². The first-order valence-corrected chi connectivity index (χ1v) is 17.0. The van der Waals surface area contributed by atoms with E-state index in [2.05, 4.69) is 45.9 Å². The van der Waals surface area contributed by atoms with Crippen molar-refractivity contribution < 1.29 is 44.4 Å². The van der Waals surface area contributed by atoms with Gasteiger partial charge in [0.1, 0.15) is 6.04 Å². The van der Waals surface area contributed by atoms with Gasteiger partial charge in [0.15, 0.2) is 5.60 Å². The molecule has 6 rings (SSSR count). The number of amides is 2. The summed E-state index contributed by atoms with van der Waals surface area (Å²) in [5.41, 5.74) is 2.70. The largest absolute Gasteiger partial charge is 0.481 e. The highest BCUT2D eigenvalue weighted by Crippen LogP contribution is 2.46. The highest BCUT2D eigenvalue weighted by atomic mass is 16.4. The Kier molecular flexibility index (Phi) is 11.4. The zero-order chi connectivity index (χ0) is 35.2. The first-order valence-electron chi connectivity index (χ1n) is 17.0. The zero-order valence-electron chi connectivity index (χ0n) is 27.6. The minimum Gasteiger partial charge on any atom is -0.481 e. The van der Waals surface area contributed by atoms with Crippen LogP contribution in [-0.4, -0.2) is 105 Å². The number of carbonyl (C=O) groups excluding carboxylic acids is 2. The van der Waals surface area contributed by atoms with Crippen LogP contribution in [0.25, 0.3) is 0 Å². The Morgan fingerprint density at radius 2 is 1.47 bits per heavy atom. The van der Waals surface area contributed by atoms with Gasteiger partial charge in [0, 0.05) is 31.1 Å². The fourth-order valence-electron chi connectivity index (χ4n) is 7.74. The predicted octanol–water partition coefficient (Wildman–Crippen LogP) is 1.93. The molecule has 2 saturated heterocycles. The molecular weight excluding hydrogens is 632 g/mol. The number of hydrogen-bond donors (Lipinski definition) is 6. The maximum absolute atomic E-state index is 13.6. The van der Waals surface area contributed by atoms with Crippen molar-refractivity contribution in [2.75, 3.05) is 37.6 Å². The van der Waals surface area contributed by atoms with Gasteiger partial charge in [-0.25, -0.2) is 4.79 Å². The van der Waals surface area contributed by atoms with E-state index in [-0.39, 0.29) is 17.9 Å². The number of carboxylic acid groups (broad SMARTS) is 3. The summed E-state index contributed by atoms with van der Waals surface area (Å²) < 4.78 is 0. The average molecular weight is 679 g/mol. The van der Waals surface area contributed by atoms with Crippen LogP contribution in [0.2, 0.25) is 0 Å². The summed E-state index contributed by atoms with van der Waals surface area (Å²) in [6.07, 6.45) is 5.46. The molecule has 0 bridgehead atoms. The second-order valence-electron chi connectivity index (χ2n) is 13.7. The number of hydrogen-bond acceptors (Lipinski definition) is 8. The van der Waals surface area contributed by atoms with Gasteiger partial charge in [0.25, 0.3) is 0 Å². The number of nitrogens with zero attached hydrogens (tertiary/aromatic N) is 2. The van der Waals surface area contributed by atoms with Crippen LogP contribution in [0.5, 0.6) is 0 Å². The Morgan fingerprint density at radius 3 is 2.10 bits per heavy atom. The summed E-state index contributed by atoms with van der Waals surface area (Å²) >= 11 is 0. The molecular formula is C36H46N4O9. The summed E-state index contributed by atoms with van der Waals surface area (Å²) in [5, 5.41) is 40.4. The molecule has 2 amide bonds. The maximum atomic E-state index is 13.6. The van der Waals surface area contributed by atoms with E-state index in [1.165, 1.54) is 31.2 Å². The van der Waals surface area contributed by atoms with E-state index in [9.17, 15) is 24.0 Å². The van der Waals surface area contributed by atoms with Crippen molar-refractivity contribution in [2.45, 2.75) is 87.3 Å². The second-order valence-corrected chi connectivity index (χ2v) is 13.7. The molecule has 0 unspecified atom stereocenters. The number of carboxylic acids is 3. The van der Waals surface area contributed by atoms with Gasteiger partial charge in [-0.05, 0) is 92.9 Å². The molecule has 2 fully saturated rings. The number of benzene rings is 2. The lowest BCUT2D eigenvalue weighted by atomic mass is 9.74. The second kappa shape index (κ2) is 15.5. The molecule has 0 radical (unpaired) electrons. The van der Waals surface area contributed by atoms with Crippen LogP contribution in [0.1, 0.15) is 68.1 Å². The van der Waals surface area contributed by atoms with E-state index >= 15 is 0 Å². The first kappa shape index (κ1) is 36.0. The van der Waals surface area contributed by atoms with Crippen LogP contribution in [0.15, 0.2) is 48.5 Å². The molecule has 6 N–H and O–H groups in total. The summed E-state index contributed by atoms with van der Waals surface area (Å²) in [5.74, 6) is -4.96.